The van der Waals surface area contributed by atoms with E-state index < -0.39 is 17.6 Å². The number of carboxylic acids is 1. The molecule has 3 rings (SSSR count). The molecule has 0 bridgehead atoms. The highest BCUT2D eigenvalue weighted by Crippen LogP contribution is 2.48. The van der Waals surface area contributed by atoms with Gasteiger partial charge in [-0.2, -0.15) is 0 Å². The molecule has 112 valence electrons. The summed E-state index contributed by atoms with van der Waals surface area (Å²) in [5, 5.41) is 12.3. The average molecular weight is 284 g/mol. The number of rotatable bonds is 2. The Kier molecular flexibility index (Phi) is 3.34. The Hall–Kier alpha value is -1.33. The summed E-state index contributed by atoms with van der Waals surface area (Å²) in [5.74, 6) is -0.705. The summed E-state index contributed by atoms with van der Waals surface area (Å²) >= 11 is 0. The predicted octanol–water partition coefficient (Wildman–Crippen LogP) is 1.77. The van der Waals surface area contributed by atoms with E-state index in [1.807, 2.05) is 0 Å². The Morgan fingerprint density at radius 2 is 2.10 bits per heavy atom. The molecule has 0 radical (unpaired) electrons. The number of urea groups is 1. The van der Waals surface area contributed by atoms with Gasteiger partial charge >= 0.3 is 12.0 Å². The number of carboxylic acid groups (broad SMARTS) is 1. The minimum atomic E-state index is -0.816. The number of nitrogens with one attached hydrogen (secondary N) is 1. The third-order valence-corrected chi connectivity index (χ3v) is 5.28. The number of alkyl halides is 1. The highest BCUT2D eigenvalue weighted by Gasteiger charge is 2.55. The number of carbonyl (C=O) groups excluding carboxylic acids is 1. The zero-order chi connectivity index (χ0) is 14.3. The van der Waals surface area contributed by atoms with E-state index >= 15 is 0 Å². The van der Waals surface area contributed by atoms with Crippen molar-refractivity contribution in [3.05, 3.63) is 0 Å². The fourth-order valence-corrected chi connectivity index (χ4v) is 4.12. The maximum atomic E-state index is 13.1. The van der Waals surface area contributed by atoms with Crippen LogP contribution in [0, 0.1) is 11.3 Å². The van der Waals surface area contributed by atoms with Crippen LogP contribution in [0.5, 0.6) is 0 Å². The minimum absolute atomic E-state index is 0.0725. The standard InChI is InChI=1S/C14H21FN2O3/c15-10-3-4-11(6-10)16-13(20)17-7-9-2-1-5-14(9,8-17)12(18)19/h9-11H,1-8H2,(H,16,20)(H,18,19)/t9-,10?,11?,14+/m0/s1. The van der Waals surface area contributed by atoms with Crippen molar-refractivity contribution in [3.63, 3.8) is 0 Å². The van der Waals surface area contributed by atoms with Gasteiger partial charge in [0.25, 0.3) is 0 Å². The molecule has 0 spiro atoms. The topological polar surface area (TPSA) is 69.6 Å². The number of carbonyl (C=O) groups is 2. The monoisotopic (exact) mass is 284 g/mol. The van der Waals surface area contributed by atoms with Crippen molar-refractivity contribution < 1.29 is 19.1 Å². The van der Waals surface area contributed by atoms with Gasteiger partial charge in [-0.3, -0.25) is 4.79 Å². The third kappa shape index (κ3) is 2.15. The maximum absolute atomic E-state index is 13.1. The number of likely N-dealkylation sites (tertiary alicyclic amines) is 1. The average Bonchev–Trinajstić information content (AvgIpc) is 3.02. The van der Waals surface area contributed by atoms with Gasteiger partial charge in [0, 0.05) is 19.1 Å². The Balaban J connectivity index is 1.62. The summed E-state index contributed by atoms with van der Waals surface area (Å²) < 4.78 is 13.1. The molecule has 2 N–H and O–H groups in total. The molecule has 2 aliphatic carbocycles. The molecule has 0 aromatic carbocycles. The molecule has 1 aliphatic heterocycles. The largest absolute Gasteiger partial charge is 0.481 e. The first-order chi connectivity index (χ1) is 9.51. The van der Waals surface area contributed by atoms with Gasteiger partial charge in [0.15, 0.2) is 0 Å². The lowest BCUT2D eigenvalue weighted by Gasteiger charge is -2.24. The third-order valence-electron chi connectivity index (χ3n) is 5.28. The fourth-order valence-electron chi connectivity index (χ4n) is 4.12. The Morgan fingerprint density at radius 1 is 1.30 bits per heavy atom. The molecule has 4 atom stereocenters. The van der Waals surface area contributed by atoms with E-state index in [2.05, 4.69) is 5.32 Å². The van der Waals surface area contributed by atoms with Crippen LogP contribution in [0.4, 0.5) is 9.18 Å². The van der Waals surface area contributed by atoms with E-state index in [0.717, 1.165) is 12.8 Å². The smallest absolute Gasteiger partial charge is 0.317 e. The van der Waals surface area contributed by atoms with Crippen molar-refractivity contribution in [3.8, 4) is 0 Å². The van der Waals surface area contributed by atoms with E-state index in [1.54, 1.807) is 4.90 Å². The van der Waals surface area contributed by atoms with Gasteiger partial charge in [0.05, 0.1) is 5.41 Å². The van der Waals surface area contributed by atoms with Crippen molar-refractivity contribution in [2.24, 2.45) is 11.3 Å². The minimum Gasteiger partial charge on any atom is -0.481 e. The van der Waals surface area contributed by atoms with Crippen LogP contribution < -0.4 is 5.32 Å². The summed E-state index contributed by atoms with van der Waals surface area (Å²) in [6.45, 7) is 0.814. The van der Waals surface area contributed by atoms with Gasteiger partial charge in [-0.25, -0.2) is 9.18 Å². The molecule has 20 heavy (non-hydrogen) atoms. The first-order valence-corrected chi connectivity index (χ1v) is 7.44. The zero-order valence-electron chi connectivity index (χ0n) is 11.5. The van der Waals surface area contributed by atoms with Crippen molar-refractivity contribution in [1.29, 1.82) is 0 Å². The number of nitrogens with zero attached hydrogens (tertiary/aromatic N) is 1. The Bertz CT molecular complexity index is 431. The van der Waals surface area contributed by atoms with Crippen LogP contribution in [-0.2, 0) is 4.79 Å². The Labute approximate surface area is 117 Å². The summed E-state index contributed by atoms with van der Waals surface area (Å²) in [5.41, 5.74) is -0.740. The number of fused-ring (bicyclic) bond motifs is 1. The Morgan fingerprint density at radius 3 is 2.70 bits per heavy atom. The first-order valence-electron chi connectivity index (χ1n) is 7.44. The van der Waals surface area contributed by atoms with E-state index in [1.165, 1.54) is 0 Å². The SMILES string of the molecule is O=C(NC1CCC(F)C1)N1C[C@@H]2CCC[C@@]2(C(=O)O)C1. The molecule has 3 aliphatic rings. The first kappa shape index (κ1) is 13.6. The summed E-state index contributed by atoms with van der Waals surface area (Å²) in [7, 11) is 0. The molecule has 2 amide bonds. The van der Waals surface area contributed by atoms with Gasteiger partial charge in [-0.1, -0.05) is 6.42 Å². The lowest BCUT2D eigenvalue weighted by atomic mass is 9.81. The van der Waals surface area contributed by atoms with Crippen molar-refractivity contribution in [2.75, 3.05) is 13.1 Å². The lowest BCUT2D eigenvalue weighted by molar-refractivity contribution is -0.149. The van der Waals surface area contributed by atoms with Crippen LogP contribution in [0.25, 0.3) is 0 Å². The second-order valence-electron chi connectivity index (χ2n) is 6.49. The zero-order valence-corrected chi connectivity index (χ0v) is 11.5. The highest BCUT2D eigenvalue weighted by atomic mass is 19.1. The van der Waals surface area contributed by atoms with Gasteiger partial charge in [0.1, 0.15) is 6.17 Å². The van der Waals surface area contributed by atoms with Crippen LogP contribution in [-0.4, -0.2) is 47.3 Å². The van der Waals surface area contributed by atoms with Gasteiger partial charge in [-0.15, -0.1) is 0 Å². The molecule has 2 unspecified atom stereocenters. The van der Waals surface area contributed by atoms with E-state index in [4.69, 9.17) is 0 Å². The summed E-state index contributed by atoms with van der Waals surface area (Å²) in [4.78, 5) is 25.4. The molecule has 6 heteroatoms. The molecular formula is C14H21FN2O3. The maximum Gasteiger partial charge on any atom is 0.317 e. The number of halogens is 1. The molecule has 5 nitrogen and oxygen atoms in total. The number of hydrogen-bond donors (Lipinski definition) is 2. The number of hydrogen-bond acceptors (Lipinski definition) is 2. The highest BCUT2D eigenvalue weighted by molar-refractivity contribution is 5.80. The predicted molar refractivity (Wildman–Crippen MR) is 70.0 cm³/mol. The molecule has 2 saturated carbocycles. The second-order valence-corrected chi connectivity index (χ2v) is 6.49. The van der Waals surface area contributed by atoms with E-state index in [9.17, 15) is 19.1 Å². The molecule has 1 saturated heterocycles. The molecular weight excluding hydrogens is 263 g/mol. The van der Waals surface area contributed by atoms with Gasteiger partial charge in [0.2, 0.25) is 0 Å². The fraction of sp³-hybridized carbons (Fsp3) is 0.857. The van der Waals surface area contributed by atoms with Crippen molar-refractivity contribution in [2.45, 2.75) is 50.7 Å². The normalized spacial score (nSPS) is 39.9. The molecule has 0 aromatic rings. The van der Waals surface area contributed by atoms with Crippen LogP contribution in [0.3, 0.4) is 0 Å². The summed E-state index contributed by atoms with van der Waals surface area (Å²) in [6.07, 6.45) is 3.22. The van der Waals surface area contributed by atoms with Crippen LogP contribution in [0.1, 0.15) is 38.5 Å². The number of amides is 2. The second kappa shape index (κ2) is 4.90. The van der Waals surface area contributed by atoms with Gasteiger partial charge in [-0.05, 0) is 38.0 Å². The molecule has 1 heterocycles. The lowest BCUT2D eigenvalue weighted by Crippen LogP contribution is -2.44. The van der Waals surface area contributed by atoms with Crippen molar-refractivity contribution >= 4 is 12.0 Å². The van der Waals surface area contributed by atoms with Crippen molar-refractivity contribution in [1.82, 2.24) is 10.2 Å². The van der Waals surface area contributed by atoms with E-state index in [0.29, 0.717) is 38.8 Å². The van der Waals surface area contributed by atoms with Crippen LogP contribution in [0.15, 0.2) is 0 Å². The number of aliphatic carboxylic acids is 1. The van der Waals surface area contributed by atoms with Crippen LogP contribution >= 0.6 is 0 Å². The molecule has 0 aromatic heterocycles. The molecule has 3 fully saturated rings. The summed E-state index contributed by atoms with van der Waals surface area (Å²) in [6, 6.07) is -0.321. The van der Waals surface area contributed by atoms with Gasteiger partial charge < -0.3 is 15.3 Å². The van der Waals surface area contributed by atoms with Crippen LogP contribution in [0.2, 0.25) is 0 Å². The quantitative estimate of drug-likeness (QED) is 0.812. The van der Waals surface area contributed by atoms with E-state index in [-0.39, 0.29) is 18.0 Å².